The van der Waals surface area contributed by atoms with Gasteiger partial charge in [0.15, 0.2) is 6.10 Å². The molecule has 7 heteroatoms. The summed E-state index contributed by atoms with van der Waals surface area (Å²) in [5, 5.41) is 2.97. The van der Waals surface area contributed by atoms with Crippen molar-refractivity contribution in [1.82, 2.24) is 5.32 Å². The number of carbonyl (C=O) groups is 2. The topological polar surface area (TPSA) is 73.9 Å². The van der Waals surface area contributed by atoms with Gasteiger partial charge in [-0.05, 0) is 60.7 Å². The fraction of sp³-hybridized carbons (Fsp3) is 0.259. The van der Waals surface area contributed by atoms with E-state index in [4.69, 9.17) is 14.2 Å². The van der Waals surface area contributed by atoms with Gasteiger partial charge in [-0.2, -0.15) is 0 Å². The number of halogens is 1. The monoisotopic (exact) mass is 521 g/mol. The summed E-state index contributed by atoms with van der Waals surface area (Å²) in [7, 11) is 1.57. The molecule has 0 fully saturated rings. The van der Waals surface area contributed by atoms with Crippen molar-refractivity contribution in [2.24, 2.45) is 0 Å². The molecule has 34 heavy (non-hydrogen) atoms. The lowest BCUT2D eigenvalue weighted by Crippen LogP contribution is -2.43. The van der Waals surface area contributed by atoms with Crippen LogP contribution in [0.25, 0.3) is 0 Å². The lowest BCUT2D eigenvalue weighted by molar-refractivity contribution is 0.00799. The third-order valence-corrected chi connectivity index (χ3v) is 6.81. The van der Waals surface area contributed by atoms with E-state index in [2.05, 4.69) is 27.3 Å². The second-order valence-electron chi connectivity index (χ2n) is 8.43. The van der Waals surface area contributed by atoms with Crippen LogP contribution in [0.2, 0.25) is 0 Å². The fourth-order valence-corrected chi connectivity index (χ4v) is 5.02. The number of carbonyl (C=O) groups excluding carboxylic acids is 2. The van der Waals surface area contributed by atoms with Crippen molar-refractivity contribution in [3.05, 3.63) is 93.5 Å². The van der Waals surface area contributed by atoms with Crippen LogP contribution in [0, 0.1) is 0 Å². The SMILES string of the molecule is COc1cccc([C@@H]2Oc3ccc(Br)cc3C(=O)[C@H]2OC(=O)N[C@H]2CCCc3ccccc32)c1. The lowest BCUT2D eigenvalue weighted by Gasteiger charge is -2.33. The Morgan fingerprint density at radius 2 is 1.94 bits per heavy atom. The van der Waals surface area contributed by atoms with Crippen molar-refractivity contribution in [3.63, 3.8) is 0 Å². The maximum atomic E-state index is 13.5. The van der Waals surface area contributed by atoms with Crippen molar-refractivity contribution in [3.8, 4) is 11.5 Å². The van der Waals surface area contributed by atoms with E-state index in [0.29, 0.717) is 22.6 Å². The molecular formula is C27H24BrNO5. The number of ketones is 1. The second-order valence-corrected chi connectivity index (χ2v) is 9.35. The molecule has 0 saturated heterocycles. The molecule has 0 radical (unpaired) electrons. The van der Waals surface area contributed by atoms with Crippen molar-refractivity contribution in [2.45, 2.75) is 37.5 Å². The van der Waals surface area contributed by atoms with Gasteiger partial charge in [0.05, 0.1) is 18.7 Å². The van der Waals surface area contributed by atoms with Crippen LogP contribution in [0.3, 0.4) is 0 Å². The van der Waals surface area contributed by atoms with E-state index in [0.717, 1.165) is 29.3 Å². The molecule has 0 bridgehead atoms. The zero-order valence-electron chi connectivity index (χ0n) is 18.6. The molecular weight excluding hydrogens is 498 g/mol. The number of methoxy groups -OCH3 is 1. The van der Waals surface area contributed by atoms with E-state index >= 15 is 0 Å². The number of amides is 1. The van der Waals surface area contributed by atoms with Crippen molar-refractivity contribution >= 4 is 27.8 Å². The summed E-state index contributed by atoms with van der Waals surface area (Å²) in [6.07, 6.45) is 0.183. The molecule has 174 valence electrons. The summed E-state index contributed by atoms with van der Waals surface area (Å²) < 4.78 is 18.1. The second kappa shape index (κ2) is 9.50. The van der Waals surface area contributed by atoms with E-state index in [9.17, 15) is 9.59 Å². The Bertz CT molecular complexity index is 1240. The largest absolute Gasteiger partial charge is 0.497 e. The zero-order chi connectivity index (χ0) is 23.7. The minimum Gasteiger partial charge on any atom is -0.497 e. The van der Waals surface area contributed by atoms with Gasteiger partial charge in [-0.15, -0.1) is 0 Å². The highest BCUT2D eigenvalue weighted by Gasteiger charge is 2.42. The summed E-state index contributed by atoms with van der Waals surface area (Å²) >= 11 is 3.40. The third kappa shape index (κ3) is 4.40. The first-order valence-corrected chi connectivity index (χ1v) is 12.0. The van der Waals surface area contributed by atoms with Crippen LogP contribution in [0.5, 0.6) is 11.5 Å². The molecule has 1 amide bonds. The molecule has 1 aliphatic heterocycles. The van der Waals surface area contributed by atoms with E-state index in [1.165, 1.54) is 5.56 Å². The zero-order valence-corrected chi connectivity index (χ0v) is 20.2. The molecule has 3 atom stereocenters. The third-order valence-electron chi connectivity index (χ3n) is 6.31. The summed E-state index contributed by atoms with van der Waals surface area (Å²) in [6.45, 7) is 0. The molecule has 3 aromatic rings. The van der Waals surface area contributed by atoms with Gasteiger partial charge in [0.25, 0.3) is 0 Å². The Labute approximate surface area is 206 Å². The van der Waals surface area contributed by atoms with Gasteiger partial charge in [-0.3, -0.25) is 4.79 Å². The maximum absolute atomic E-state index is 13.5. The highest BCUT2D eigenvalue weighted by atomic mass is 79.9. The van der Waals surface area contributed by atoms with Gasteiger partial charge in [0.2, 0.25) is 11.9 Å². The minimum atomic E-state index is -1.15. The Morgan fingerprint density at radius 1 is 1.09 bits per heavy atom. The lowest BCUT2D eigenvalue weighted by atomic mass is 9.88. The van der Waals surface area contributed by atoms with Crippen molar-refractivity contribution in [2.75, 3.05) is 7.11 Å². The first-order chi connectivity index (χ1) is 16.5. The number of hydrogen-bond acceptors (Lipinski definition) is 5. The summed E-state index contributed by atoms with van der Waals surface area (Å²) in [6, 6.07) is 20.4. The molecule has 5 rings (SSSR count). The molecule has 1 aliphatic carbocycles. The number of benzene rings is 3. The van der Waals surface area contributed by atoms with Crippen LogP contribution in [0.4, 0.5) is 4.79 Å². The van der Waals surface area contributed by atoms with Crippen LogP contribution in [0.1, 0.15) is 52.0 Å². The van der Waals surface area contributed by atoms with E-state index in [-0.39, 0.29) is 11.8 Å². The average Bonchev–Trinajstić information content (AvgIpc) is 2.86. The number of hydrogen-bond donors (Lipinski definition) is 1. The number of Topliss-reactive ketones (excluding diaryl/α,β-unsaturated/α-hetero) is 1. The van der Waals surface area contributed by atoms with Gasteiger partial charge < -0.3 is 19.5 Å². The number of alkyl carbamates (subject to hydrolysis) is 1. The first-order valence-electron chi connectivity index (χ1n) is 11.2. The number of fused-ring (bicyclic) bond motifs is 2. The highest BCUT2D eigenvalue weighted by Crippen LogP contribution is 2.39. The van der Waals surface area contributed by atoms with Gasteiger partial charge >= 0.3 is 6.09 Å². The average molecular weight is 522 g/mol. The van der Waals surface area contributed by atoms with E-state index in [1.807, 2.05) is 42.5 Å². The number of aryl methyl sites for hydroxylation is 1. The van der Waals surface area contributed by atoms with Gasteiger partial charge in [-0.1, -0.05) is 52.3 Å². The number of rotatable bonds is 4. The minimum absolute atomic E-state index is 0.159. The molecule has 6 nitrogen and oxygen atoms in total. The normalized spacial score (nSPS) is 21.0. The smallest absolute Gasteiger partial charge is 0.408 e. The van der Waals surface area contributed by atoms with Crippen LogP contribution >= 0.6 is 15.9 Å². The molecule has 0 spiro atoms. The number of ether oxygens (including phenoxy) is 3. The van der Waals surface area contributed by atoms with Crippen LogP contribution < -0.4 is 14.8 Å². The van der Waals surface area contributed by atoms with Crippen molar-refractivity contribution < 1.29 is 23.8 Å². The Hall–Kier alpha value is -3.32. The molecule has 0 aromatic heterocycles. The van der Waals surface area contributed by atoms with E-state index < -0.39 is 18.3 Å². The highest BCUT2D eigenvalue weighted by molar-refractivity contribution is 9.10. The van der Waals surface area contributed by atoms with E-state index in [1.54, 1.807) is 25.3 Å². The Balaban J connectivity index is 1.43. The fourth-order valence-electron chi connectivity index (χ4n) is 4.66. The number of nitrogens with one attached hydrogen (secondary N) is 1. The van der Waals surface area contributed by atoms with Crippen LogP contribution in [-0.2, 0) is 11.2 Å². The predicted octanol–water partition coefficient (Wildman–Crippen LogP) is 5.95. The Kier molecular flexibility index (Phi) is 6.28. The molecule has 2 aliphatic rings. The predicted molar refractivity (Wildman–Crippen MR) is 130 cm³/mol. The van der Waals surface area contributed by atoms with Gasteiger partial charge in [-0.25, -0.2) is 4.79 Å². The van der Waals surface area contributed by atoms with Crippen molar-refractivity contribution in [1.29, 1.82) is 0 Å². The molecule has 0 unspecified atom stereocenters. The molecule has 0 saturated carbocycles. The first kappa shape index (κ1) is 22.5. The van der Waals surface area contributed by atoms with Crippen LogP contribution in [-0.4, -0.2) is 25.1 Å². The molecule has 3 aromatic carbocycles. The van der Waals surface area contributed by atoms with Gasteiger partial charge in [0.1, 0.15) is 11.5 Å². The summed E-state index contributed by atoms with van der Waals surface area (Å²) in [5.41, 5.74) is 3.37. The molecule has 1 heterocycles. The summed E-state index contributed by atoms with van der Waals surface area (Å²) in [4.78, 5) is 26.5. The quantitative estimate of drug-likeness (QED) is 0.459. The Morgan fingerprint density at radius 3 is 2.79 bits per heavy atom. The van der Waals surface area contributed by atoms with Gasteiger partial charge in [0, 0.05) is 10.0 Å². The summed E-state index contributed by atoms with van der Waals surface area (Å²) in [5.74, 6) is 0.759. The van der Waals surface area contributed by atoms with Crippen LogP contribution in [0.15, 0.2) is 71.2 Å². The standard InChI is InChI=1S/C27H24BrNO5/c1-32-19-9-4-8-17(14-19)25-26(24(30)21-15-18(28)12-13-23(21)33-25)34-27(31)29-22-11-5-7-16-6-2-3-10-20(16)22/h2-4,6,8-10,12-15,22,25-26H,5,7,11H2,1H3,(H,29,31)/t22-,25-,26+/m0/s1. The maximum Gasteiger partial charge on any atom is 0.408 e. The molecule has 1 N–H and O–H groups in total.